The molecule has 2 aliphatic heterocycles. The summed E-state index contributed by atoms with van der Waals surface area (Å²) in [6.45, 7) is 0.739. The summed E-state index contributed by atoms with van der Waals surface area (Å²) in [5.41, 5.74) is -0.246. The minimum absolute atomic E-state index is 0.0744. The molecule has 5 nitrogen and oxygen atoms in total. The molecule has 5 heteroatoms. The highest BCUT2D eigenvalue weighted by Gasteiger charge is 2.54. The van der Waals surface area contributed by atoms with Crippen molar-refractivity contribution in [1.29, 1.82) is 0 Å². The molecule has 2 bridgehead atoms. The quantitative estimate of drug-likeness (QED) is 0.663. The van der Waals surface area contributed by atoms with Crippen LogP contribution in [0.3, 0.4) is 0 Å². The largest absolute Gasteiger partial charge is 0.467 e. The number of esters is 1. The minimum atomic E-state index is -0.762. The van der Waals surface area contributed by atoms with E-state index in [4.69, 9.17) is 9.47 Å². The summed E-state index contributed by atoms with van der Waals surface area (Å²) in [4.78, 5) is 24.1. The molecule has 2 saturated heterocycles. The molecule has 0 atom stereocenters. The maximum absolute atomic E-state index is 12.2. The van der Waals surface area contributed by atoms with E-state index in [2.05, 4.69) is 5.32 Å². The van der Waals surface area contributed by atoms with E-state index >= 15 is 0 Å². The Morgan fingerprint density at radius 2 is 1.86 bits per heavy atom. The zero-order chi connectivity index (χ0) is 15.6. The first kappa shape index (κ1) is 15.2. The second-order valence-electron chi connectivity index (χ2n) is 6.20. The fourth-order valence-electron chi connectivity index (χ4n) is 3.37. The third-order valence-electron chi connectivity index (χ3n) is 4.92. The van der Waals surface area contributed by atoms with Gasteiger partial charge in [0.05, 0.1) is 20.3 Å². The van der Waals surface area contributed by atoms with Gasteiger partial charge in [-0.2, -0.15) is 0 Å². The first-order chi connectivity index (χ1) is 10.6. The summed E-state index contributed by atoms with van der Waals surface area (Å²) < 4.78 is 10.7. The van der Waals surface area contributed by atoms with Gasteiger partial charge in [0, 0.05) is 11.1 Å². The van der Waals surface area contributed by atoms with Gasteiger partial charge in [-0.05, 0) is 25.7 Å². The first-order valence-corrected chi connectivity index (χ1v) is 7.65. The van der Waals surface area contributed by atoms with Crippen molar-refractivity contribution in [2.75, 3.05) is 20.3 Å². The van der Waals surface area contributed by atoms with E-state index in [1.807, 2.05) is 30.3 Å². The SMILES string of the molecule is COC(=O)C12CCC(NCC(=O)c3ccccc3)(CC1)CO2. The fourth-order valence-corrected chi connectivity index (χ4v) is 3.37. The lowest BCUT2D eigenvalue weighted by Gasteiger charge is -2.51. The number of Topliss-reactive ketones (excluding diaryl/α,β-unsaturated/α-hetero) is 1. The number of carbonyl (C=O) groups excluding carboxylic acids is 2. The van der Waals surface area contributed by atoms with Crippen LogP contribution < -0.4 is 5.32 Å². The maximum Gasteiger partial charge on any atom is 0.338 e. The van der Waals surface area contributed by atoms with Gasteiger partial charge in [-0.3, -0.25) is 4.79 Å². The van der Waals surface area contributed by atoms with Crippen molar-refractivity contribution in [3.8, 4) is 0 Å². The summed E-state index contributed by atoms with van der Waals surface area (Å²) in [6.07, 6.45) is 2.94. The van der Waals surface area contributed by atoms with Crippen LogP contribution in [-0.4, -0.2) is 43.2 Å². The zero-order valence-corrected chi connectivity index (χ0v) is 12.8. The predicted molar refractivity (Wildman–Crippen MR) is 80.7 cm³/mol. The molecule has 22 heavy (non-hydrogen) atoms. The van der Waals surface area contributed by atoms with Crippen LogP contribution in [0.5, 0.6) is 0 Å². The molecule has 118 valence electrons. The molecule has 1 aromatic carbocycles. The lowest BCUT2D eigenvalue weighted by Crippen LogP contribution is -2.64. The highest BCUT2D eigenvalue weighted by molar-refractivity contribution is 5.97. The van der Waals surface area contributed by atoms with Crippen molar-refractivity contribution >= 4 is 11.8 Å². The second kappa shape index (κ2) is 5.82. The third-order valence-corrected chi connectivity index (χ3v) is 4.92. The van der Waals surface area contributed by atoms with Crippen LogP contribution in [0.1, 0.15) is 36.0 Å². The summed E-state index contributed by atoms with van der Waals surface area (Å²) in [7, 11) is 1.40. The monoisotopic (exact) mass is 303 g/mol. The normalized spacial score (nSPS) is 30.0. The van der Waals surface area contributed by atoms with Crippen LogP contribution in [0.25, 0.3) is 0 Å². The van der Waals surface area contributed by atoms with E-state index in [0.29, 0.717) is 31.6 Å². The van der Waals surface area contributed by atoms with E-state index in [9.17, 15) is 9.59 Å². The average Bonchev–Trinajstić information content (AvgIpc) is 2.61. The number of ketones is 1. The second-order valence-corrected chi connectivity index (χ2v) is 6.20. The summed E-state index contributed by atoms with van der Waals surface area (Å²) in [6, 6.07) is 9.26. The molecule has 1 aromatic rings. The first-order valence-electron chi connectivity index (χ1n) is 7.65. The summed E-state index contributed by atoms with van der Waals surface area (Å²) >= 11 is 0. The smallest absolute Gasteiger partial charge is 0.338 e. The number of hydrogen-bond acceptors (Lipinski definition) is 5. The van der Waals surface area contributed by atoms with E-state index < -0.39 is 5.60 Å². The van der Waals surface area contributed by atoms with Gasteiger partial charge in [-0.15, -0.1) is 0 Å². The van der Waals surface area contributed by atoms with Crippen molar-refractivity contribution in [2.24, 2.45) is 0 Å². The number of rotatable bonds is 5. The highest BCUT2D eigenvalue weighted by atomic mass is 16.6. The van der Waals surface area contributed by atoms with Crippen molar-refractivity contribution < 1.29 is 19.1 Å². The van der Waals surface area contributed by atoms with Gasteiger partial charge in [-0.1, -0.05) is 30.3 Å². The predicted octanol–water partition coefficient (Wildman–Crippen LogP) is 1.71. The van der Waals surface area contributed by atoms with Gasteiger partial charge < -0.3 is 14.8 Å². The highest BCUT2D eigenvalue weighted by Crippen LogP contribution is 2.44. The van der Waals surface area contributed by atoms with Crippen molar-refractivity contribution in [1.82, 2.24) is 5.32 Å². The molecule has 1 aliphatic carbocycles. The molecule has 0 amide bonds. The summed E-state index contributed by atoms with van der Waals surface area (Å²) in [5.74, 6) is -0.202. The zero-order valence-electron chi connectivity index (χ0n) is 12.8. The van der Waals surface area contributed by atoms with Crippen LogP contribution >= 0.6 is 0 Å². The molecule has 3 aliphatic rings. The van der Waals surface area contributed by atoms with Crippen LogP contribution in [0.4, 0.5) is 0 Å². The Labute approximate surface area is 130 Å². The van der Waals surface area contributed by atoms with Crippen molar-refractivity contribution in [3.05, 3.63) is 35.9 Å². The standard InChI is InChI=1S/C17H21NO4/c1-21-15(20)17-9-7-16(8-10-17,12-22-17)18-11-14(19)13-5-3-2-4-6-13/h2-6,18H,7-12H2,1H3. The Morgan fingerprint density at radius 1 is 1.18 bits per heavy atom. The molecule has 3 fully saturated rings. The Bertz CT molecular complexity index is 545. The van der Waals surface area contributed by atoms with Crippen LogP contribution in [0.2, 0.25) is 0 Å². The third kappa shape index (κ3) is 2.66. The van der Waals surface area contributed by atoms with Gasteiger partial charge in [0.1, 0.15) is 0 Å². The van der Waals surface area contributed by atoms with Gasteiger partial charge in [0.25, 0.3) is 0 Å². The Kier molecular flexibility index (Phi) is 4.02. The van der Waals surface area contributed by atoms with E-state index in [0.717, 1.165) is 12.8 Å². The maximum atomic E-state index is 12.2. The van der Waals surface area contributed by atoms with Crippen molar-refractivity contribution in [3.63, 3.8) is 0 Å². The molecule has 0 radical (unpaired) electrons. The van der Waals surface area contributed by atoms with Gasteiger partial charge in [0.15, 0.2) is 11.4 Å². The molecule has 0 unspecified atom stereocenters. The van der Waals surface area contributed by atoms with Crippen LogP contribution in [-0.2, 0) is 14.3 Å². The number of methoxy groups -OCH3 is 1. The molecule has 1 N–H and O–H groups in total. The molecule has 1 saturated carbocycles. The van der Waals surface area contributed by atoms with Crippen LogP contribution in [0.15, 0.2) is 30.3 Å². The molecular formula is C17H21NO4. The molecule has 0 aromatic heterocycles. The number of benzene rings is 1. The Morgan fingerprint density at radius 3 is 2.41 bits per heavy atom. The lowest BCUT2D eigenvalue weighted by molar-refractivity contribution is -0.199. The number of carbonyl (C=O) groups is 2. The number of nitrogens with one attached hydrogen (secondary N) is 1. The molecule has 2 heterocycles. The summed E-state index contributed by atoms with van der Waals surface area (Å²) in [5, 5.41) is 3.37. The molecule has 0 spiro atoms. The number of ether oxygens (including phenoxy) is 2. The van der Waals surface area contributed by atoms with Crippen LogP contribution in [0, 0.1) is 0 Å². The van der Waals surface area contributed by atoms with E-state index in [-0.39, 0.29) is 17.3 Å². The Hall–Kier alpha value is -1.72. The number of hydrogen-bond donors (Lipinski definition) is 1. The van der Waals surface area contributed by atoms with Gasteiger partial charge in [0.2, 0.25) is 0 Å². The topological polar surface area (TPSA) is 64.6 Å². The molecule has 4 rings (SSSR count). The lowest BCUT2D eigenvalue weighted by atomic mass is 9.71. The van der Waals surface area contributed by atoms with Gasteiger partial charge >= 0.3 is 5.97 Å². The van der Waals surface area contributed by atoms with Gasteiger partial charge in [-0.25, -0.2) is 4.79 Å². The fraction of sp³-hybridized carbons (Fsp3) is 0.529. The average molecular weight is 303 g/mol. The van der Waals surface area contributed by atoms with E-state index in [1.165, 1.54) is 7.11 Å². The molecular weight excluding hydrogens is 282 g/mol. The van der Waals surface area contributed by atoms with Crippen molar-refractivity contribution in [2.45, 2.75) is 36.8 Å². The van der Waals surface area contributed by atoms with E-state index in [1.54, 1.807) is 0 Å². The Balaban J connectivity index is 1.59. The minimum Gasteiger partial charge on any atom is -0.467 e. The number of fused-ring (bicyclic) bond motifs is 3.